The van der Waals surface area contributed by atoms with E-state index < -0.39 is 0 Å². The molecule has 0 fully saturated rings. The Morgan fingerprint density at radius 2 is 1.87 bits per heavy atom. The minimum absolute atomic E-state index is 0.0182. The normalized spacial score (nSPS) is 10.2. The molecule has 0 atom stereocenters. The Hall–Kier alpha value is -0.960. The Bertz CT molecular complexity index is 387. The molecule has 1 aromatic carbocycles. The summed E-state index contributed by atoms with van der Waals surface area (Å²) in [6, 6.07) is 4.03. The van der Waals surface area contributed by atoms with Crippen molar-refractivity contribution in [1.29, 1.82) is 0 Å². The Kier molecular flexibility index (Phi) is 3.80. The number of nitrogens with zero attached hydrogens (tertiary/aromatic N) is 1. The third-order valence-corrected chi connectivity index (χ3v) is 3.17. The van der Waals surface area contributed by atoms with Gasteiger partial charge in [0.1, 0.15) is 0 Å². The van der Waals surface area contributed by atoms with Crippen LogP contribution < -0.4 is 4.90 Å². The fraction of sp³-hybridized carbons (Fsp3) is 0.417. The molecule has 0 heterocycles. The molecule has 1 rings (SSSR count). The van der Waals surface area contributed by atoms with Crippen LogP contribution in [0.2, 0.25) is 0 Å². The number of thiol groups is 1. The predicted octanol–water partition coefficient (Wildman–Crippen LogP) is 2.50. The van der Waals surface area contributed by atoms with Crippen LogP contribution in [0.1, 0.15) is 16.7 Å². The SMILES string of the molecule is Cc1ccc(N(C)C(=O)CS)c(C)c1C. The van der Waals surface area contributed by atoms with Gasteiger partial charge < -0.3 is 4.90 Å². The lowest BCUT2D eigenvalue weighted by atomic mass is 10.0. The summed E-state index contributed by atoms with van der Waals surface area (Å²) >= 11 is 3.99. The van der Waals surface area contributed by atoms with Crippen LogP contribution in [0.5, 0.6) is 0 Å². The second-order valence-electron chi connectivity index (χ2n) is 3.76. The highest BCUT2D eigenvalue weighted by Gasteiger charge is 2.12. The van der Waals surface area contributed by atoms with Gasteiger partial charge in [-0.2, -0.15) is 12.6 Å². The molecule has 0 bridgehead atoms. The zero-order valence-corrected chi connectivity index (χ0v) is 10.6. The predicted molar refractivity (Wildman–Crippen MR) is 67.9 cm³/mol. The van der Waals surface area contributed by atoms with E-state index in [4.69, 9.17) is 0 Å². The quantitative estimate of drug-likeness (QED) is 0.764. The highest BCUT2D eigenvalue weighted by Crippen LogP contribution is 2.24. The van der Waals surface area contributed by atoms with Crippen molar-refractivity contribution in [3.05, 3.63) is 28.8 Å². The first-order chi connectivity index (χ1) is 6.99. The standard InChI is InChI=1S/C12H17NOS/c1-8-5-6-11(10(3)9(8)2)13(4)12(14)7-15/h5-6,15H,7H2,1-4H3. The number of hydrogen-bond acceptors (Lipinski definition) is 2. The molecule has 0 aromatic heterocycles. The van der Waals surface area contributed by atoms with E-state index in [0.717, 1.165) is 11.3 Å². The van der Waals surface area contributed by atoms with E-state index in [1.165, 1.54) is 11.1 Å². The van der Waals surface area contributed by atoms with Crippen molar-refractivity contribution in [2.45, 2.75) is 20.8 Å². The van der Waals surface area contributed by atoms with Gasteiger partial charge in [0.05, 0.1) is 5.75 Å². The van der Waals surface area contributed by atoms with Crippen molar-refractivity contribution in [3.8, 4) is 0 Å². The van der Waals surface area contributed by atoms with Crippen LogP contribution in [0.15, 0.2) is 12.1 Å². The van der Waals surface area contributed by atoms with Crippen LogP contribution in [-0.2, 0) is 4.79 Å². The largest absolute Gasteiger partial charge is 0.315 e. The maximum Gasteiger partial charge on any atom is 0.236 e. The lowest BCUT2D eigenvalue weighted by Gasteiger charge is -2.20. The molecule has 0 radical (unpaired) electrons. The number of carbonyl (C=O) groups excluding carboxylic acids is 1. The average molecular weight is 223 g/mol. The number of aryl methyl sites for hydroxylation is 1. The molecule has 0 saturated heterocycles. The number of rotatable bonds is 2. The van der Waals surface area contributed by atoms with Crippen molar-refractivity contribution in [3.63, 3.8) is 0 Å². The summed E-state index contributed by atoms with van der Waals surface area (Å²) in [4.78, 5) is 13.2. The van der Waals surface area contributed by atoms with Crippen molar-refractivity contribution in [2.24, 2.45) is 0 Å². The van der Waals surface area contributed by atoms with Gasteiger partial charge in [0.2, 0.25) is 5.91 Å². The molecular weight excluding hydrogens is 206 g/mol. The number of hydrogen-bond donors (Lipinski definition) is 1. The van der Waals surface area contributed by atoms with Gasteiger partial charge in [0, 0.05) is 12.7 Å². The van der Waals surface area contributed by atoms with Gasteiger partial charge in [-0.1, -0.05) is 6.07 Å². The highest BCUT2D eigenvalue weighted by molar-refractivity contribution is 7.81. The molecule has 3 heteroatoms. The van der Waals surface area contributed by atoms with Gasteiger partial charge in [-0.15, -0.1) is 0 Å². The Labute approximate surface area is 96.7 Å². The topological polar surface area (TPSA) is 20.3 Å². The van der Waals surface area contributed by atoms with Crippen LogP contribution in [0.25, 0.3) is 0 Å². The molecule has 15 heavy (non-hydrogen) atoms. The molecule has 0 aliphatic carbocycles. The smallest absolute Gasteiger partial charge is 0.236 e. The minimum Gasteiger partial charge on any atom is -0.315 e. The summed E-state index contributed by atoms with van der Waals surface area (Å²) in [7, 11) is 1.79. The molecule has 0 saturated carbocycles. The number of benzene rings is 1. The number of anilines is 1. The van der Waals surface area contributed by atoms with Crippen LogP contribution in [0, 0.1) is 20.8 Å². The van der Waals surface area contributed by atoms with Crippen LogP contribution in [-0.4, -0.2) is 18.7 Å². The zero-order chi connectivity index (χ0) is 11.6. The Morgan fingerprint density at radius 1 is 1.27 bits per heavy atom. The van der Waals surface area contributed by atoms with Gasteiger partial charge in [-0.25, -0.2) is 0 Å². The van der Waals surface area contributed by atoms with Gasteiger partial charge in [-0.05, 0) is 43.5 Å². The zero-order valence-electron chi connectivity index (χ0n) is 9.66. The van der Waals surface area contributed by atoms with Crippen LogP contribution >= 0.6 is 12.6 Å². The van der Waals surface area contributed by atoms with Crippen LogP contribution in [0.4, 0.5) is 5.69 Å². The first kappa shape index (κ1) is 12.1. The van der Waals surface area contributed by atoms with E-state index in [0.29, 0.717) is 0 Å². The van der Waals surface area contributed by atoms with Gasteiger partial charge in [0.15, 0.2) is 0 Å². The maximum absolute atomic E-state index is 11.5. The average Bonchev–Trinajstić information content (AvgIpc) is 2.24. The lowest BCUT2D eigenvalue weighted by molar-refractivity contribution is -0.115. The van der Waals surface area contributed by atoms with Gasteiger partial charge >= 0.3 is 0 Å². The molecule has 0 N–H and O–H groups in total. The molecule has 82 valence electrons. The maximum atomic E-state index is 11.5. The molecular formula is C12H17NOS. The Morgan fingerprint density at radius 3 is 2.40 bits per heavy atom. The molecule has 0 unspecified atom stereocenters. The van der Waals surface area contributed by atoms with Gasteiger partial charge in [-0.3, -0.25) is 4.79 Å². The van der Waals surface area contributed by atoms with E-state index in [2.05, 4.69) is 26.5 Å². The molecule has 2 nitrogen and oxygen atoms in total. The highest BCUT2D eigenvalue weighted by atomic mass is 32.1. The summed E-state index contributed by atoms with van der Waals surface area (Å²) in [5.74, 6) is 0.257. The third-order valence-electron chi connectivity index (χ3n) is 2.90. The van der Waals surface area contributed by atoms with Crippen molar-refractivity contribution in [2.75, 3.05) is 17.7 Å². The van der Waals surface area contributed by atoms with E-state index in [9.17, 15) is 4.79 Å². The van der Waals surface area contributed by atoms with E-state index >= 15 is 0 Å². The summed E-state index contributed by atoms with van der Waals surface area (Å²) in [6.45, 7) is 6.19. The first-order valence-electron chi connectivity index (χ1n) is 4.93. The monoisotopic (exact) mass is 223 g/mol. The summed E-state index contributed by atoms with van der Waals surface area (Å²) in [5.41, 5.74) is 4.62. The second kappa shape index (κ2) is 4.71. The minimum atomic E-state index is 0.0182. The fourth-order valence-corrected chi connectivity index (χ4v) is 1.76. The Balaban J connectivity index is 3.16. The van der Waals surface area contributed by atoms with E-state index in [1.54, 1.807) is 11.9 Å². The van der Waals surface area contributed by atoms with Crippen LogP contribution in [0.3, 0.4) is 0 Å². The fourth-order valence-electron chi connectivity index (χ4n) is 1.55. The third kappa shape index (κ3) is 2.34. The summed E-state index contributed by atoms with van der Waals surface area (Å²) in [5, 5.41) is 0. The van der Waals surface area contributed by atoms with E-state index in [1.807, 2.05) is 19.1 Å². The number of amides is 1. The lowest BCUT2D eigenvalue weighted by Crippen LogP contribution is -2.28. The summed E-state index contributed by atoms with van der Waals surface area (Å²) < 4.78 is 0. The second-order valence-corrected chi connectivity index (χ2v) is 4.08. The first-order valence-corrected chi connectivity index (χ1v) is 5.56. The molecule has 0 aliphatic heterocycles. The van der Waals surface area contributed by atoms with E-state index in [-0.39, 0.29) is 11.7 Å². The summed E-state index contributed by atoms with van der Waals surface area (Å²) in [6.07, 6.45) is 0. The molecule has 1 amide bonds. The molecule has 0 aliphatic rings. The molecule has 0 spiro atoms. The van der Waals surface area contributed by atoms with Gasteiger partial charge in [0.25, 0.3) is 0 Å². The van der Waals surface area contributed by atoms with Crippen molar-refractivity contribution < 1.29 is 4.79 Å². The number of carbonyl (C=O) groups is 1. The van der Waals surface area contributed by atoms with Crippen molar-refractivity contribution >= 4 is 24.2 Å². The van der Waals surface area contributed by atoms with Crippen molar-refractivity contribution in [1.82, 2.24) is 0 Å². The molecule has 1 aromatic rings.